The van der Waals surface area contributed by atoms with E-state index in [-0.39, 0.29) is 67.4 Å². The Labute approximate surface area is 66.9 Å². The van der Waals surface area contributed by atoms with Gasteiger partial charge in [-0.1, -0.05) is 0 Å². The number of hydrogen-bond acceptors (Lipinski definition) is 0. The van der Waals surface area contributed by atoms with E-state index in [1.54, 1.807) is 0 Å². The zero-order chi connectivity index (χ0) is 0. The third kappa shape index (κ3) is 8.97. The first-order valence-corrected chi connectivity index (χ1v) is 0. The SMILES string of the molecule is [Cr].[Fe].[Ni].[Ni]. The molecule has 0 atom stereocenters. The minimum absolute atomic E-state index is 0. The second kappa shape index (κ2) is 19.8. The van der Waals surface area contributed by atoms with Crippen molar-refractivity contribution in [2.24, 2.45) is 0 Å². The molecule has 0 saturated heterocycles. The van der Waals surface area contributed by atoms with Crippen molar-refractivity contribution < 1.29 is 67.4 Å². The summed E-state index contributed by atoms with van der Waals surface area (Å²) in [5, 5.41) is 0. The number of rotatable bonds is 0. The van der Waals surface area contributed by atoms with Gasteiger partial charge >= 0.3 is 0 Å². The van der Waals surface area contributed by atoms with Gasteiger partial charge in [0.1, 0.15) is 0 Å². The van der Waals surface area contributed by atoms with Crippen molar-refractivity contribution in [3.63, 3.8) is 0 Å². The van der Waals surface area contributed by atoms with Gasteiger partial charge in [0.05, 0.1) is 0 Å². The van der Waals surface area contributed by atoms with Crippen molar-refractivity contribution in [2.45, 2.75) is 0 Å². The second-order valence-electron chi connectivity index (χ2n) is 0. The summed E-state index contributed by atoms with van der Waals surface area (Å²) >= 11 is 0. The van der Waals surface area contributed by atoms with Gasteiger partial charge in [0.2, 0.25) is 0 Å². The largest absolute Gasteiger partial charge is 0 e. The van der Waals surface area contributed by atoms with E-state index in [0.29, 0.717) is 0 Å². The molecule has 34 valence electrons. The van der Waals surface area contributed by atoms with Crippen molar-refractivity contribution in [1.82, 2.24) is 0 Å². The van der Waals surface area contributed by atoms with Crippen LogP contribution in [0.2, 0.25) is 0 Å². The average molecular weight is 225 g/mol. The van der Waals surface area contributed by atoms with Crippen LogP contribution in [0.25, 0.3) is 0 Å². The molecule has 0 radical (unpaired) electrons. The van der Waals surface area contributed by atoms with Crippen LogP contribution in [0.1, 0.15) is 0 Å². The van der Waals surface area contributed by atoms with Gasteiger partial charge < -0.3 is 0 Å². The Morgan fingerprint density at radius 2 is 0.750 bits per heavy atom. The molecule has 0 aliphatic heterocycles. The minimum Gasteiger partial charge on any atom is 0 e. The molecular formula is CrFeNi2. The third-order valence-electron chi connectivity index (χ3n) is 0. The molecule has 0 bridgehead atoms. The summed E-state index contributed by atoms with van der Waals surface area (Å²) in [6, 6.07) is 0. The molecule has 0 heterocycles. The predicted molar refractivity (Wildman–Crippen MR) is 0 cm³/mol. The fourth-order valence-electron chi connectivity index (χ4n) is 0. The summed E-state index contributed by atoms with van der Waals surface area (Å²) in [4.78, 5) is 0. The minimum atomic E-state index is 0. The summed E-state index contributed by atoms with van der Waals surface area (Å²) < 4.78 is 0. The molecule has 0 aliphatic rings. The molecule has 0 saturated carbocycles. The van der Waals surface area contributed by atoms with Crippen molar-refractivity contribution in [2.75, 3.05) is 0 Å². The van der Waals surface area contributed by atoms with E-state index in [2.05, 4.69) is 0 Å². The number of hydrogen-bond donors (Lipinski definition) is 0. The molecule has 0 N–H and O–H groups in total. The van der Waals surface area contributed by atoms with E-state index >= 15 is 0 Å². The molecule has 0 aromatic carbocycles. The first kappa shape index (κ1) is 36.9. The van der Waals surface area contributed by atoms with Crippen molar-refractivity contribution >= 4 is 0 Å². The van der Waals surface area contributed by atoms with Crippen LogP contribution < -0.4 is 0 Å². The van der Waals surface area contributed by atoms with Crippen LogP contribution in [-0.2, 0) is 67.4 Å². The molecule has 4 heteroatoms. The molecule has 0 unspecified atom stereocenters. The molecule has 0 spiro atoms. The molecule has 0 aromatic rings. The standard InChI is InChI=1S/Cr.Fe.2Ni. The van der Waals surface area contributed by atoms with Gasteiger partial charge in [0.25, 0.3) is 0 Å². The Morgan fingerprint density at radius 1 is 0.750 bits per heavy atom. The van der Waals surface area contributed by atoms with E-state index in [9.17, 15) is 0 Å². The van der Waals surface area contributed by atoms with Gasteiger partial charge in [-0.25, -0.2) is 0 Å². The molecule has 4 heavy (non-hydrogen) atoms. The van der Waals surface area contributed by atoms with Crippen LogP contribution in [0.4, 0.5) is 0 Å². The quantitative estimate of drug-likeness (QED) is 0.509. The zero-order valence-corrected chi connectivity index (χ0v) is 5.75. The van der Waals surface area contributed by atoms with Crippen LogP contribution in [0, 0.1) is 0 Å². The van der Waals surface area contributed by atoms with Gasteiger partial charge in [-0.2, -0.15) is 0 Å². The Hall–Kier alpha value is 2.04. The first-order chi connectivity index (χ1) is 0. The van der Waals surface area contributed by atoms with Crippen LogP contribution in [0.5, 0.6) is 0 Å². The van der Waals surface area contributed by atoms with Crippen molar-refractivity contribution in [3.05, 3.63) is 0 Å². The Bertz CT molecular complexity index is 6.00. The summed E-state index contributed by atoms with van der Waals surface area (Å²) in [5.41, 5.74) is 0. The van der Waals surface area contributed by atoms with Gasteiger partial charge in [-0.3, -0.25) is 0 Å². The van der Waals surface area contributed by atoms with Crippen molar-refractivity contribution in [3.8, 4) is 0 Å². The van der Waals surface area contributed by atoms with E-state index in [4.69, 9.17) is 0 Å². The Morgan fingerprint density at radius 3 is 0.750 bits per heavy atom. The normalized spacial score (nSPS) is 0. The molecule has 0 aliphatic carbocycles. The van der Waals surface area contributed by atoms with Crippen LogP contribution in [0.15, 0.2) is 0 Å². The first-order valence-electron chi connectivity index (χ1n) is 0. The summed E-state index contributed by atoms with van der Waals surface area (Å²) in [7, 11) is 0. The second-order valence-corrected chi connectivity index (χ2v) is 0. The van der Waals surface area contributed by atoms with Gasteiger partial charge in [-0.05, 0) is 0 Å². The summed E-state index contributed by atoms with van der Waals surface area (Å²) in [6.07, 6.45) is 0. The topological polar surface area (TPSA) is 0 Å². The van der Waals surface area contributed by atoms with Gasteiger partial charge in [0.15, 0.2) is 0 Å². The van der Waals surface area contributed by atoms with E-state index in [1.807, 2.05) is 0 Å². The zero-order valence-electron chi connectivity index (χ0n) is 1.39. The van der Waals surface area contributed by atoms with Crippen LogP contribution in [-0.4, -0.2) is 0 Å². The maximum Gasteiger partial charge on any atom is 0 e. The van der Waals surface area contributed by atoms with Crippen LogP contribution in [0.3, 0.4) is 0 Å². The van der Waals surface area contributed by atoms with Gasteiger partial charge in [0, 0.05) is 67.4 Å². The predicted octanol–water partition coefficient (Wildman–Crippen LogP) is -0.0100. The third-order valence-corrected chi connectivity index (χ3v) is 0. The van der Waals surface area contributed by atoms with E-state index in [1.165, 1.54) is 0 Å². The molecule has 0 amide bonds. The fourth-order valence-corrected chi connectivity index (χ4v) is 0. The molecule has 0 aromatic heterocycles. The van der Waals surface area contributed by atoms with E-state index < -0.39 is 0 Å². The fraction of sp³-hybridized carbons (Fsp3) is 0. The monoisotopic (exact) mass is 224 g/mol. The molecular weight excluding hydrogens is 225 g/mol. The van der Waals surface area contributed by atoms with Crippen molar-refractivity contribution in [1.29, 1.82) is 0 Å². The maximum absolute atomic E-state index is 0. The van der Waals surface area contributed by atoms with Gasteiger partial charge in [-0.15, -0.1) is 0 Å². The maximum atomic E-state index is 0. The smallest absolute Gasteiger partial charge is 0 e. The molecule has 0 nitrogen and oxygen atoms in total. The Balaban J connectivity index is 0. The van der Waals surface area contributed by atoms with Crippen LogP contribution >= 0.6 is 0 Å². The summed E-state index contributed by atoms with van der Waals surface area (Å²) in [5.74, 6) is 0. The summed E-state index contributed by atoms with van der Waals surface area (Å²) in [6.45, 7) is 0. The average Bonchev–Trinajstić information content (AvgIpc) is 0. The Kier molecular flexibility index (Phi) is 182. The molecule has 0 fully saturated rings. The van der Waals surface area contributed by atoms with E-state index in [0.717, 1.165) is 0 Å². The molecule has 0 rings (SSSR count).